The van der Waals surface area contributed by atoms with Gasteiger partial charge in [-0.15, -0.1) is 0 Å². The van der Waals surface area contributed by atoms with E-state index < -0.39 is 22.3 Å². The molecule has 0 unspecified atom stereocenters. The molecular formula is C8H11N3O4. The van der Waals surface area contributed by atoms with E-state index in [0.29, 0.717) is 6.54 Å². The van der Waals surface area contributed by atoms with E-state index in [1.165, 1.54) is 4.68 Å². The molecule has 0 aliphatic rings. The minimum absolute atomic E-state index is 0.460. The van der Waals surface area contributed by atoms with Crippen LogP contribution in [0.1, 0.15) is 30.3 Å². The second-order valence-corrected chi connectivity index (χ2v) is 3.04. The number of nitrogens with zero attached hydrogens (tertiary/aromatic N) is 3. The highest BCUT2D eigenvalue weighted by Gasteiger charge is 2.24. The Kier molecular flexibility index (Phi) is 3.37. The fourth-order valence-corrected chi connectivity index (χ4v) is 1.13. The lowest BCUT2D eigenvalue weighted by Crippen LogP contribution is -2.03. The molecule has 0 spiro atoms. The predicted molar refractivity (Wildman–Crippen MR) is 50.7 cm³/mol. The number of hydrogen-bond acceptors (Lipinski definition) is 4. The Bertz CT molecular complexity index is 354. The summed E-state index contributed by atoms with van der Waals surface area (Å²) in [5.41, 5.74) is -0.963. The highest BCUT2D eigenvalue weighted by atomic mass is 16.6. The SMILES string of the molecule is CCCCn1cc([N+](=O)[O-])c(C(=O)O)n1. The molecular weight excluding hydrogens is 202 g/mol. The van der Waals surface area contributed by atoms with Crippen molar-refractivity contribution in [3.05, 3.63) is 22.0 Å². The first-order valence-electron chi connectivity index (χ1n) is 4.51. The Balaban J connectivity index is 2.98. The quantitative estimate of drug-likeness (QED) is 0.586. The van der Waals surface area contributed by atoms with Crippen LogP contribution in [0.15, 0.2) is 6.20 Å². The van der Waals surface area contributed by atoms with E-state index in [2.05, 4.69) is 5.10 Å². The van der Waals surface area contributed by atoms with E-state index in [4.69, 9.17) is 5.11 Å². The van der Waals surface area contributed by atoms with Gasteiger partial charge in [0.25, 0.3) is 0 Å². The second-order valence-electron chi connectivity index (χ2n) is 3.04. The third-order valence-corrected chi connectivity index (χ3v) is 1.88. The van der Waals surface area contributed by atoms with Crippen molar-refractivity contribution in [3.63, 3.8) is 0 Å². The fraction of sp³-hybridized carbons (Fsp3) is 0.500. The molecule has 82 valence electrons. The molecule has 0 aliphatic heterocycles. The number of hydrogen-bond donors (Lipinski definition) is 1. The third kappa shape index (κ3) is 2.52. The maximum Gasteiger partial charge on any atom is 0.363 e. The molecule has 1 heterocycles. The van der Waals surface area contributed by atoms with Crippen molar-refractivity contribution in [2.75, 3.05) is 0 Å². The van der Waals surface area contributed by atoms with Crippen molar-refractivity contribution in [2.45, 2.75) is 26.3 Å². The minimum Gasteiger partial charge on any atom is -0.476 e. The Morgan fingerprint density at radius 1 is 1.73 bits per heavy atom. The highest BCUT2D eigenvalue weighted by molar-refractivity contribution is 5.89. The Morgan fingerprint density at radius 2 is 2.40 bits per heavy atom. The van der Waals surface area contributed by atoms with E-state index in [0.717, 1.165) is 19.0 Å². The van der Waals surface area contributed by atoms with Crippen LogP contribution < -0.4 is 0 Å². The Morgan fingerprint density at radius 3 is 2.80 bits per heavy atom. The molecule has 7 heteroatoms. The van der Waals surface area contributed by atoms with Crippen molar-refractivity contribution >= 4 is 11.7 Å². The van der Waals surface area contributed by atoms with Gasteiger partial charge in [0, 0.05) is 6.54 Å². The third-order valence-electron chi connectivity index (χ3n) is 1.88. The molecule has 1 rings (SSSR count). The number of aromatic carboxylic acids is 1. The number of nitro groups is 1. The minimum atomic E-state index is -1.38. The van der Waals surface area contributed by atoms with Crippen molar-refractivity contribution in [1.29, 1.82) is 0 Å². The molecule has 15 heavy (non-hydrogen) atoms. The molecule has 0 aromatic carbocycles. The van der Waals surface area contributed by atoms with Crippen LogP contribution in [0.2, 0.25) is 0 Å². The summed E-state index contributed by atoms with van der Waals surface area (Å²) in [5.74, 6) is -1.38. The average Bonchev–Trinajstić information content (AvgIpc) is 2.58. The van der Waals surface area contributed by atoms with Gasteiger partial charge in [0.15, 0.2) is 0 Å². The lowest BCUT2D eigenvalue weighted by atomic mass is 10.3. The van der Waals surface area contributed by atoms with E-state index in [-0.39, 0.29) is 0 Å². The molecule has 0 amide bonds. The van der Waals surface area contributed by atoms with Crippen molar-refractivity contribution in [3.8, 4) is 0 Å². The summed E-state index contributed by atoms with van der Waals surface area (Å²) in [7, 11) is 0. The monoisotopic (exact) mass is 213 g/mol. The lowest BCUT2D eigenvalue weighted by molar-refractivity contribution is -0.385. The van der Waals surface area contributed by atoms with Crippen molar-refractivity contribution in [2.24, 2.45) is 0 Å². The summed E-state index contributed by atoms with van der Waals surface area (Å²) in [6, 6.07) is 0. The molecule has 0 aliphatic carbocycles. The molecule has 0 saturated carbocycles. The normalized spacial score (nSPS) is 10.2. The van der Waals surface area contributed by atoms with Gasteiger partial charge in [-0.05, 0) is 6.42 Å². The molecule has 1 N–H and O–H groups in total. The van der Waals surface area contributed by atoms with E-state index in [1.807, 2.05) is 6.92 Å². The molecule has 1 aromatic heterocycles. The van der Waals surface area contributed by atoms with Crippen LogP contribution in [0, 0.1) is 10.1 Å². The van der Waals surface area contributed by atoms with Gasteiger partial charge in [-0.25, -0.2) is 4.79 Å². The summed E-state index contributed by atoms with van der Waals surface area (Å²) in [6.07, 6.45) is 2.87. The molecule has 0 bridgehead atoms. The van der Waals surface area contributed by atoms with Crippen LogP contribution in [0.3, 0.4) is 0 Å². The molecule has 7 nitrogen and oxygen atoms in total. The van der Waals surface area contributed by atoms with E-state index in [1.54, 1.807) is 0 Å². The Labute approximate surface area is 85.5 Å². The molecule has 0 atom stereocenters. The number of carboxylic acid groups (broad SMARTS) is 1. The fourth-order valence-electron chi connectivity index (χ4n) is 1.13. The zero-order valence-electron chi connectivity index (χ0n) is 8.21. The molecule has 0 saturated heterocycles. The van der Waals surface area contributed by atoms with Crippen molar-refractivity contribution < 1.29 is 14.8 Å². The van der Waals surface area contributed by atoms with Crippen LogP contribution in [-0.2, 0) is 6.54 Å². The number of carboxylic acids is 1. The van der Waals surface area contributed by atoms with Gasteiger partial charge in [0.2, 0.25) is 5.69 Å². The summed E-state index contributed by atoms with van der Waals surface area (Å²) < 4.78 is 1.30. The zero-order chi connectivity index (χ0) is 11.4. The summed E-state index contributed by atoms with van der Waals surface area (Å²) >= 11 is 0. The first-order valence-corrected chi connectivity index (χ1v) is 4.51. The summed E-state index contributed by atoms with van der Waals surface area (Å²) in [6.45, 7) is 2.46. The molecule has 1 aromatic rings. The molecule has 0 radical (unpaired) electrons. The van der Waals surface area contributed by atoms with Crippen molar-refractivity contribution in [1.82, 2.24) is 9.78 Å². The number of unbranched alkanes of at least 4 members (excludes halogenated alkanes) is 1. The van der Waals surface area contributed by atoms with Gasteiger partial charge < -0.3 is 5.11 Å². The predicted octanol–water partition coefficient (Wildman–Crippen LogP) is 1.29. The second kappa shape index (κ2) is 4.54. The summed E-state index contributed by atoms with van der Waals surface area (Å²) in [5, 5.41) is 22.8. The van der Waals surface area contributed by atoms with E-state index >= 15 is 0 Å². The number of rotatable bonds is 5. The first-order chi connectivity index (χ1) is 7.06. The van der Waals surface area contributed by atoms with Gasteiger partial charge in [-0.1, -0.05) is 13.3 Å². The average molecular weight is 213 g/mol. The number of aryl methyl sites for hydroxylation is 1. The van der Waals surface area contributed by atoms with Gasteiger partial charge >= 0.3 is 11.7 Å². The maximum atomic E-state index is 10.6. The number of carbonyl (C=O) groups is 1. The van der Waals surface area contributed by atoms with Gasteiger partial charge in [0.1, 0.15) is 6.20 Å². The van der Waals surface area contributed by atoms with Crippen LogP contribution in [0.5, 0.6) is 0 Å². The standard InChI is InChI=1S/C8H11N3O4/c1-2-3-4-10-5-6(11(14)15)7(9-10)8(12)13/h5H,2-4H2,1H3,(H,12,13). The van der Waals surface area contributed by atoms with Gasteiger partial charge in [0.05, 0.1) is 4.92 Å². The zero-order valence-corrected chi connectivity index (χ0v) is 8.21. The van der Waals surface area contributed by atoms with E-state index in [9.17, 15) is 14.9 Å². The highest BCUT2D eigenvalue weighted by Crippen LogP contribution is 2.16. The largest absolute Gasteiger partial charge is 0.476 e. The number of aromatic nitrogens is 2. The lowest BCUT2D eigenvalue weighted by Gasteiger charge is -1.95. The smallest absolute Gasteiger partial charge is 0.363 e. The van der Waals surface area contributed by atoms with Crippen LogP contribution in [-0.4, -0.2) is 25.8 Å². The summed E-state index contributed by atoms with van der Waals surface area (Å²) in [4.78, 5) is 20.4. The van der Waals surface area contributed by atoms with Gasteiger partial charge in [-0.3, -0.25) is 14.8 Å². The maximum absolute atomic E-state index is 10.6. The first kappa shape index (κ1) is 11.2. The van der Waals surface area contributed by atoms with Crippen LogP contribution in [0.25, 0.3) is 0 Å². The molecule has 0 fully saturated rings. The van der Waals surface area contributed by atoms with Crippen LogP contribution in [0.4, 0.5) is 5.69 Å². The topological polar surface area (TPSA) is 98.3 Å². The Hall–Kier alpha value is -1.92. The van der Waals surface area contributed by atoms with Gasteiger partial charge in [-0.2, -0.15) is 5.10 Å². The van der Waals surface area contributed by atoms with Crippen LogP contribution >= 0.6 is 0 Å².